The number of hydrogen-bond donors (Lipinski definition) is 4. The fourth-order valence-corrected chi connectivity index (χ4v) is 3.67. The molecule has 16 nitrogen and oxygen atoms in total. The normalized spacial score (nSPS) is 9.98. The summed E-state index contributed by atoms with van der Waals surface area (Å²) in [4.78, 5) is 31.9. The number of carbonyl (C=O) groups excluding carboxylic acids is 3. The van der Waals surface area contributed by atoms with E-state index in [-0.39, 0.29) is 91.6 Å². The van der Waals surface area contributed by atoms with Crippen LogP contribution < -0.4 is 56.3 Å². The van der Waals surface area contributed by atoms with E-state index in [9.17, 15) is 36.3 Å². The van der Waals surface area contributed by atoms with E-state index in [0.717, 1.165) is 14.2 Å². The summed E-state index contributed by atoms with van der Waals surface area (Å²) in [6.45, 7) is 3.71. The Morgan fingerprint density at radius 1 is 0.767 bits per heavy atom. The van der Waals surface area contributed by atoms with Crippen LogP contribution in [-0.2, 0) is 38.1 Å². The van der Waals surface area contributed by atoms with Crippen molar-refractivity contribution in [3.05, 3.63) is 48.5 Å². The van der Waals surface area contributed by atoms with E-state index in [1.807, 2.05) is 0 Å². The van der Waals surface area contributed by atoms with Crippen LogP contribution in [0.25, 0.3) is 0 Å². The van der Waals surface area contributed by atoms with Crippen molar-refractivity contribution in [1.29, 1.82) is 0 Å². The predicted octanol–water partition coefficient (Wildman–Crippen LogP) is -1.96. The minimum absolute atomic E-state index is 0. The summed E-state index contributed by atoms with van der Waals surface area (Å²) in [6.07, 6.45) is -1.18. The van der Waals surface area contributed by atoms with E-state index < -0.39 is 38.5 Å². The van der Waals surface area contributed by atoms with Crippen molar-refractivity contribution in [2.75, 3.05) is 51.2 Å². The van der Waals surface area contributed by atoms with Gasteiger partial charge in [-0.25, -0.2) is 14.4 Å². The zero-order valence-corrected chi connectivity index (χ0v) is 29.5. The van der Waals surface area contributed by atoms with E-state index in [2.05, 4.69) is 39.5 Å². The molecule has 0 bridgehead atoms. The molecule has 2 rings (SSSR count). The van der Waals surface area contributed by atoms with Crippen LogP contribution in [0.4, 0.5) is 25.8 Å². The number of rotatable bonds is 10. The maximum absolute atomic E-state index is 11.3. The Balaban J connectivity index is -0.000000183. The third kappa shape index (κ3) is 19.6. The van der Waals surface area contributed by atoms with Gasteiger partial charge in [-0.05, 0) is 62.4 Å². The third-order valence-electron chi connectivity index (χ3n) is 4.17. The number of hydrogen-bond acceptors (Lipinski definition) is 12. The predicted molar refractivity (Wildman–Crippen MR) is 153 cm³/mol. The number of ether oxygens (including phenoxy) is 2. The van der Waals surface area contributed by atoms with Crippen LogP contribution in [0.5, 0.6) is 0 Å². The molecule has 0 spiro atoms. The van der Waals surface area contributed by atoms with Gasteiger partial charge in [-0.15, -0.1) is 6.61 Å². The number of amides is 4. The Bertz CT molecular complexity index is 1230. The maximum Gasteiger partial charge on any atom is 2.00 e. The molecule has 0 saturated heterocycles. The van der Waals surface area contributed by atoms with E-state index in [1.165, 1.54) is 48.5 Å². The Morgan fingerprint density at radius 3 is 1.30 bits per heavy atom. The Kier molecular flexibility index (Phi) is 25.4. The fourth-order valence-electron chi connectivity index (χ4n) is 2.35. The largest absolute Gasteiger partial charge is 2.00 e. The minimum atomic E-state index is -3.70. The Hall–Kier alpha value is -2.20. The van der Waals surface area contributed by atoms with Gasteiger partial charge in [0.2, 0.25) is 0 Å². The van der Waals surface area contributed by atoms with Crippen molar-refractivity contribution in [3.8, 4) is 0 Å². The second-order valence-corrected chi connectivity index (χ2v) is 10.4. The van der Waals surface area contributed by atoms with Crippen LogP contribution in [0.3, 0.4) is 0 Å². The van der Waals surface area contributed by atoms with E-state index >= 15 is 0 Å². The molecule has 0 radical (unpaired) electrons. The molecule has 43 heavy (non-hydrogen) atoms. The average Bonchev–Trinajstić information content (AvgIpc) is 2.93. The summed E-state index contributed by atoms with van der Waals surface area (Å²) in [6, 6.07) is 10.5. The minimum Gasteiger partial charge on any atom is -1.00 e. The zero-order chi connectivity index (χ0) is 31.5. The number of benzene rings is 2. The maximum atomic E-state index is 11.3. The van der Waals surface area contributed by atoms with Gasteiger partial charge < -0.3 is 28.5 Å². The summed E-state index contributed by atoms with van der Waals surface area (Å²) >= 11 is 0. The number of anilines is 2. The molecular formula is C23H35MgN4NaO12S2. The first kappa shape index (κ1) is 45.2. The molecule has 0 aliphatic rings. The van der Waals surface area contributed by atoms with Crippen molar-refractivity contribution in [3.63, 3.8) is 0 Å². The van der Waals surface area contributed by atoms with Gasteiger partial charge in [0.1, 0.15) is 0 Å². The molecule has 0 atom stereocenters. The quantitative estimate of drug-likeness (QED) is 0.159. The molecule has 0 heterocycles. The van der Waals surface area contributed by atoms with Crippen LogP contribution in [0.2, 0.25) is 0 Å². The molecule has 20 heteroatoms. The molecule has 4 amide bonds. The van der Waals surface area contributed by atoms with Gasteiger partial charge in [0.25, 0.3) is 20.2 Å². The summed E-state index contributed by atoms with van der Waals surface area (Å²) in [5.41, 5.74) is 5.48. The van der Waals surface area contributed by atoms with E-state index in [1.54, 1.807) is 13.8 Å². The van der Waals surface area contributed by atoms with Gasteiger partial charge in [0.05, 0.1) is 37.2 Å². The smallest absolute Gasteiger partial charge is 1.00 e. The van der Waals surface area contributed by atoms with Crippen molar-refractivity contribution in [1.82, 2.24) is 5.32 Å². The van der Waals surface area contributed by atoms with Crippen LogP contribution in [0.15, 0.2) is 58.3 Å². The molecule has 2 aromatic rings. The van der Waals surface area contributed by atoms with E-state index in [0.29, 0.717) is 11.4 Å². The SMILES string of the molecule is CCOC(=O)Nc1ccc(S(=O)(=O)OC)cc1.CCOC(=O)Nc1ccc(S(=O)(=O)OC)cc1.NC(=O)NCC[O-].[H-].[H-].[Mg+2].[Na+]. The van der Waals surface area contributed by atoms with Crippen LogP contribution in [0.1, 0.15) is 16.7 Å². The molecule has 0 aliphatic heterocycles. The molecule has 0 aliphatic carbocycles. The second kappa shape index (κ2) is 24.2. The number of nitrogens with two attached hydrogens (primary N) is 1. The van der Waals surface area contributed by atoms with E-state index in [4.69, 9.17) is 0 Å². The molecule has 0 aromatic heterocycles. The summed E-state index contributed by atoms with van der Waals surface area (Å²) in [5.74, 6) is 0. The summed E-state index contributed by atoms with van der Waals surface area (Å²) < 4.78 is 63.2. The van der Waals surface area contributed by atoms with Crippen LogP contribution >= 0.6 is 0 Å². The molecule has 0 saturated carbocycles. The van der Waals surface area contributed by atoms with Crippen LogP contribution in [0, 0.1) is 0 Å². The first-order valence-electron chi connectivity index (χ1n) is 11.6. The number of nitrogens with one attached hydrogen (secondary N) is 3. The summed E-state index contributed by atoms with van der Waals surface area (Å²) in [7, 11) is -5.23. The third-order valence-corrected chi connectivity index (χ3v) is 6.75. The second-order valence-electron chi connectivity index (χ2n) is 6.98. The van der Waals surface area contributed by atoms with Crippen LogP contribution in [-0.4, -0.2) is 98.7 Å². The molecular weight excluding hydrogens is 636 g/mol. The fraction of sp³-hybridized carbons (Fsp3) is 0.348. The first-order chi connectivity index (χ1) is 19.3. The monoisotopic (exact) mass is 670 g/mol. The molecule has 5 N–H and O–H groups in total. The van der Waals surface area contributed by atoms with Gasteiger partial charge in [-0.2, -0.15) is 16.8 Å². The zero-order valence-electron chi connectivity index (χ0n) is 26.4. The summed E-state index contributed by atoms with van der Waals surface area (Å²) in [5, 5.41) is 16.6. The van der Waals surface area contributed by atoms with Gasteiger partial charge in [-0.1, -0.05) is 0 Å². The Morgan fingerprint density at radius 2 is 1.09 bits per heavy atom. The average molecular weight is 671 g/mol. The van der Waals surface area contributed by atoms with Crippen molar-refractivity contribution in [2.24, 2.45) is 5.73 Å². The molecule has 0 unspecified atom stereocenters. The van der Waals surface area contributed by atoms with Crippen molar-refractivity contribution >= 4 is 72.9 Å². The van der Waals surface area contributed by atoms with Crippen molar-refractivity contribution < 1.29 is 86.6 Å². The number of urea groups is 1. The standard InChI is InChI=1S/2C10H13NO5S.C3H7N2O2.Mg.Na.2H/c2*1-3-16-10(12)11-8-4-6-9(7-5-8)17(13,14)15-2;4-3(7)5-1-2-6;;;;/h2*4-7H,3H2,1-2H3,(H,11,12);1-2H2,(H3,4,5,7);;;;/q;;-1;+2;+1;2*-1. The number of carbonyl (C=O) groups is 3. The molecule has 234 valence electrons. The molecule has 0 fully saturated rings. The van der Waals surface area contributed by atoms with Gasteiger partial charge >= 0.3 is 70.8 Å². The number of primary amides is 1. The first-order valence-corrected chi connectivity index (χ1v) is 14.4. The van der Waals surface area contributed by atoms with Crippen molar-refractivity contribution in [2.45, 2.75) is 23.6 Å². The van der Waals surface area contributed by atoms with Gasteiger partial charge in [0, 0.05) is 17.9 Å². The Labute approximate surface area is 292 Å². The van der Waals surface area contributed by atoms with Gasteiger partial charge in [-0.3, -0.25) is 19.0 Å². The molecule has 2 aromatic carbocycles. The van der Waals surface area contributed by atoms with Gasteiger partial charge in [0.15, 0.2) is 0 Å². The topological polar surface area (TPSA) is 242 Å².